The molecule has 27 heavy (non-hydrogen) atoms. The number of anilines is 1. The summed E-state index contributed by atoms with van der Waals surface area (Å²) in [4.78, 5) is 20.9. The summed E-state index contributed by atoms with van der Waals surface area (Å²) in [5.41, 5.74) is 3.76. The van der Waals surface area contributed by atoms with E-state index in [1.165, 1.54) is 17.7 Å². The number of pyridine rings is 1. The van der Waals surface area contributed by atoms with Crippen molar-refractivity contribution in [2.75, 3.05) is 44.3 Å². The van der Waals surface area contributed by atoms with Gasteiger partial charge < -0.3 is 14.5 Å². The highest BCUT2D eigenvalue weighted by Gasteiger charge is 2.21. The number of carbonyl (C=O) groups is 1. The van der Waals surface area contributed by atoms with Crippen molar-refractivity contribution in [2.24, 2.45) is 0 Å². The van der Waals surface area contributed by atoms with E-state index in [1.807, 2.05) is 24.3 Å². The molecule has 0 atom stereocenters. The fraction of sp³-hybridized carbons (Fsp3) is 0.333. The lowest BCUT2D eigenvalue weighted by Crippen LogP contribution is -2.41. The smallest absolute Gasteiger partial charge is 0.272 e. The fourth-order valence-corrected chi connectivity index (χ4v) is 3.49. The number of morpholine rings is 1. The van der Waals surface area contributed by atoms with Crippen LogP contribution in [-0.2, 0) is 4.74 Å². The van der Waals surface area contributed by atoms with Crippen molar-refractivity contribution in [1.82, 2.24) is 9.88 Å². The maximum absolute atomic E-state index is 13.1. The minimum Gasteiger partial charge on any atom is -0.378 e. The molecule has 1 amide bonds. The van der Waals surface area contributed by atoms with Crippen LogP contribution in [0.5, 0.6) is 0 Å². The van der Waals surface area contributed by atoms with E-state index in [4.69, 9.17) is 4.74 Å². The molecule has 0 spiro atoms. The number of halogens is 1. The van der Waals surface area contributed by atoms with Crippen molar-refractivity contribution >= 4 is 17.2 Å². The maximum atomic E-state index is 13.1. The molecule has 1 fully saturated rings. The molecule has 2 aromatic rings. The highest BCUT2D eigenvalue weighted by Crippen LogP contribution is 2.26. The Kier molecular flexibility index (Phi) is 5.16. The first-order valence-electron chi connectivity index (χ1n) is 9.24. The molecule has 0 aliphatic carbocycles. The van der Waals surface area contributed by atoms with Crippen LogP contribution >= 0.6 is 0 Å². The van der Waals surface area contributed by atoms with E-state index < -0.39 is 0 Å². The summed E-state index contributed by atoms with van der Waals surface area (Å²) < 4.78 is 18.4. The van der Waals surface area contributed by atoms with Crippen LogP contribution in [-0.4, -0.2) is 55.2 Å². The summed E-state index contributed by atoms with van der Waals surface area (Å²) in [7, 11) is 0. The topological polar surface area (TPSA) is 45.7 Å². The second-order valence-electron chi connectivity index (χ2n) is 6.74. The van der Waals surface area contributed by atoms with Crippen LogP contribution in [0.1, 0.15) is 22.5 Å². The highest BCUT2D eigenvalue weighted by atomic mass is 19.1. The number of ether oxygens (including phenoxy) is 1. The minimum absolute atomic E-state index is 0.0419. The van der Waals surface area contributed by atoms with Crippen LogP contribution < -0.4 is 4.90 Å². The minimum atomic E-state index is -0.217. The molecule has 0 bridgehead atoms. The number of nitrogens with zero attached hydrogens (tertiary/aromatic N) is 3. The van der Waals surface area contributed by atoms with Gasteiger partial charge in [-0.1, -0.05) is 18.2 Å². The van der Waals surface area contributed by atoms with Crippen LogP contribution in [0.15, 0.2) is 48.7 Å². The lowest BCUT2D eigenvalue weighted by Gasteiger charge is -2.29. The molecule has 1 aromatic carbocycles. The van der Waals surface area contributed by atoms with Crippen molar-refractivity contribution < 1.29 is 13.9 Å². The maximum Gasteiger partial charge on any atom is 0.272 e. The monoisotopic (exact) mass is 367 g/mol. The molecule has 3 heterocycles. The molecule has 0 saturated carbocycles. The third-order valence-corrected chi connectivity index (χ3v) is 5.05. The molecule has 2 aliphatic rings. The third kappa shape index (κ3) is 4.01. The van der Waals surface area contributed by atoms with Crippen molar-refractivity contribution in [3.05, 3.63) is 65.7 Å². The summed E-state index contributed by atoms with van der Waals surface area (Å²) >= 11 is 0. The number of benzene rings is 1. The van der Waals surface area contributed by atoms with Gasteiger partial charge in [0, 0.05) is 38.1 Å². The summed E-state index contributed by atoms with van der Waals surface area (Å²) in [6.45, 7) is 3.97. The first kappa shape index (κ1) is 17.7. The van der Waals surface area contributed by atoms with E-state index in [9.17, 15) is 9.18 Å². The van der Waals surface area contributed by atoms with E-state index in [2.05, 4.69) is 16.0 Å². The number of hydrogen-bond acceptors (Lipinski definition) is 4. The summed E-state index contributed by atoms with van der Waals surface area (Å²) in [5, 5.41) is 0. The Bertz CT molecular complexity index is 845. The normalized spacial score (nSPS) is 17.6. The summed E-state index contributed by atoms with van der Waals surface area (Å²) in [5.74, 6) is -0.259. The molecule has 1 aromatic heterocycles. The Morgan fingerprint density at radius 2 is 1.85 bits per heavy atom. The predicted molar refractivity (Wildman–Crippen MR) is 102 cm³/mol. The Labute approximate surface area is 158 Å². The molecular weight excluding hydrogens is 345 g/mol. The van der Waals surface area contributed by atoms with E-state index in [-0.39, 0.29) is 11.7 Å². The molecule has 0 unspecified atom stereocenters. The Balaban J connectivity index is 1.46. The van der Waals surface area contributed by atoms with Crippen LogP contribution in [0.3, 0.4) is 0 Å². The van der Waals surface area contributed by atoms with Crippen molar-refractivity contribution in [1.29, 1.82) is 0 Å². The summed E-state index contributed by atoms with van der Waals surface area (Å²) in [6.07, 6.45) is 4.74. The van der Waals surface area contributed by atoms with Gasteiger partial charge in [0.2, 0.25) is 0 Å². The predicted octanol–water partition coefficient (Wildman–Crippen LogP) is 2.99. The zero-order valence-corrected chi connectivity index (χ0v) is 15.1. The number of rotatable bonds is 3. The van der Waals surface area contributed by atoms with E-state index in [0.29, 0.717) is 32.0 Å². The lowest BCUT2D eigenvalue weighted by molar-refractivity contribution is 0.0299. The molecule has 0 N–H and O–H groups in total. The van der Waals surface area contributed by atoms with Gasteiger partial charge >= 0.3 is 0 Å². The molecule has 5 nitrogen and oxygen atoms in total. The second-order valence-corrected chi connectivity index (χ2v) is 6.74. The van der Waals surface area contributed by atoms with Crippen LogP contribution in [0.25, 0.3) is 5.57 Å². The molecule has 1 saturated heterocycles. The zero-order valence-electron chi connectivity index (χ0n) is 15.1. The average molecular weight is 367 g/mol. The Morgan fingerprint density at radius 3 is 2.56 bits per heavy atom. The van der Waals surface area contributed by atoms with Gasteiger partial charge in [0.25, 0.3) is 5.91 Å². The third-order valence-electron chi connectivity index (χ3n) is 5.05. The van der Waals surface area contributed by atoms with E-state index in [1.54, 1.807) is 11.1 Å². The quantitative estimate of drug-likeness (QED) is 0.837. The first-order valence-corrected chi connectivity index (χ1v) is 9.24. The van der Waals surface area contributed by atoms with Crippen LogP contribution in [0.2, 0.25) is 0 Å². The second kappa shape index (κ2) is 7.88. The highest BCUT2D eigenvalue weighted by molar-refractivity contribution is 5.93. The first-order chi connectivity index (χ1) is 13.2. The number of amides is 1. The van der Waals surface area contributed by atoms with Gasteiger partial charge in [0.1, 0.15) is 11.5 Å². The molecule has 4 rings (SSSR count). The van der Waals surface area contributed by atoms with Crippen LogP contribution in [0, 0.1) is 5.82 Å². The largest absolute Gasteiger partial charge is 0.378 e. The fourth-order valence-electron chi connectivity index (χ4n) is 3.49. The van der Waals surface area contributed by atoms with Crippen molar-refractivity contribution in [3.8, 4) is 0 Å². The van der Waals surface area contributed by atoms with Gasteiger partial charge in [-0.25, -0.2) is 4.39 Å². The standard InChI is InChI=1S/C21H22FN3O2/c22-18-3-1-16(2-4-18)17-6-9-24(10-7-17)19-5-8-23-20(15-19)21(26)25-11-13-27-14-12-25/h1-6,8,15H,7,9-14H2. The van der Waals surface area contributed by atoms with E-state index >= 15 is 0 Å². The molecular formula is C21H22FN3O2. The van der Waals surface area contributed by atoms with Gasteiger partial charge in [-0.3, -0.25) is 9.78 Å². The number of hydrogen-bond donors (Lipinski definition) is 0. The molecule has 2 aliphatic heterocycles. The van der Waals surface area contributed by atoms with Gasteiger partial charge in [-0.15, -0.1) is 0 Å². The van der Waals surface area contributed by atoms with Crippen LogP contribution in [0.4, 0.5) is 10.1 Å². The zero-order chi connectivity index (χ0) is 18.6. The van der Waals surface area contributed by atoms with Gasteiger partial charge in [0.05, 0.1) is 13.2 Å². The molecule has 140 valence electrons. The van der Waals surface area contributed by atoms with Crippen molar-refractivity contribution in [2.45, 2.75) is 6.42 Å². The molecule has 0 radical (unpaired) electrons. The molecule has 6 heteroatoms. The summed E-state index contributed by atoms with van der Waals surface area (Å²) in [6, 6.07) is 10.4. The Hall–Kier alpha value is -2.73. The van der Waals surface area contributed by atoms with Gasteiger partial charge in [0.15, 0.2) is 0 Å². The van der Waals surface area contributed by atoms with Gasteiger partial charge in [-0.05, 0) is 41.8 Å². The lowest BCUT2D eigenvalue weighted by atomic mass is 9.99. The van der Waals surface area contributed by atoms with Crippen molar-refractivity contribution in [3.63, 3.8) is 0 Å². The number of aromatic nitrogens is 1. The SMILES string of the molecule is O=C(c1cc(N2CC=C(c3ccc(F)cc3)CC2)ccn1)N1CCOCC1. The average Bonchev–Trinajstić information content (AvgIpc) is 2.75. The number of carbonyl (C=O) groups excluding carboxylic acids is 1. The van der Waals surface area contributed by atoms with E-state index in [0.717, 1.165) is 30.8 Å². The Morgan fingerprint density at radius 1 is 1.07 bits per heavy atom. The van der Waals surface area contributed by atoms with Gasteiger partial charge in [-0.2, -0.15) is 0 Å².